The first kappa shape index (κ1) is 13.9. The van der Waals surface area contributed by atoms with Crippen LogP contribution in [-0.4, -0.2) is 42.2 Å². The van der Waals surface area contributed by atoms with Crippen molar-refractivity contribution in [2.75, 3.05) is 26.2 Å². The van der Waals surface area contributed by atoms with Crippen LogP contribution in [0.25, 0.3) is 0 Å². The Morgan fingerprint density at radius 2 is 2.37 bits per heavy atom. The van der Waals surface area contributed by atoms with Gasteiger partial charge in [-0.25, -0.2) is 0 Å². The fourth-order valence-corrected chi connectivity index (χ4v) is 2.53. The van der Waals surface area contributed by atoms with Crippen LogP contribution in [0, 0.1) is 12.8 Å². The van der Waals surface area contributed by atoms with E-state index in [4.69, 9.17) is 9.84 Å². The SMILES string of the molecule is Cc1cccc(OCCN2CCC(CC(=O)O)C2)c1. The molecule has 1 aliphatic rings. The number of nitrogens with zero attached hydrogens (tertiary/aromatic N) is 1. The molecule has 1 aromatic rings. The lowest BCUT2D eigenvalue weighted by molar-refractivity contribution is -0.138. The maximum atomic E-state index is 10.6. The smallest absolute Gasteiger partial charge is 0.303 e. The summed E-state index contributed by atoms with van der Waals surface area (Å²) in [5.74, 6) is 0.514. The van der Waals surface area contributed by atoms with Crippen LogP contribution in [0.4, 0.5) is 0 Å². The minimum atomic E-state index is -0.692. The summed E-state index contributed by atoms with van der Waals surface area (Å²) in [5.41, 5.74) is 1.19. The van der Waals surface area contributed by atoms with E-state index in [1.54, 1.807) is 0 Å². The number of carboxylic acid groups (broad SMARTS) is 1. The van der Waals surface area contributed by atoms with Crippen molar-refractivity contribution >= 4 is 5.97 Å². The van der Waals surface area contributed by atoms with E-state index < -0.39 is 5.97 Å². The summed E-state index contributed by atoms with van der Waals surface area (Å²) in [7, 11) is 0. The largest absolute Gasteiger partial charge is 0.492 e. The van der Waals surface area contributed by atoms with Crippen molar-refractivity contribution in [1.82, 2.24) is 4.90 Å². The van der Waals surface area contributed by atoms with Gasteiger partial charge in [0, 0.05) is 19.5 Å². The summed E-state index contributed by atoms with van der Waals surface area (Å²) in [6.45, 7) is 5.43. The van der Waals surface area contributed by atoms with E-state index in [1.807, 2.05) is 31.2 Å². The van der Waals surface area contributed by atoms with Crippen LogP contribution in [0.5, 0.6) is 5.75 Å². The first-order valence-corrected chi connectivity index (χ1v) is 6.77. The van der Waals surface area contributed by atoms with Gasteiger partial charge in [0.05, 0.1) is 0 Å². The normalized spacial score (nSPS) is 19.5. The minimum Gasteiger partial charge on any atom is -0.492 e. The number of carbonyl (C=O) groups is 1. The molecule has 0 spiro atoms. The summed E-state index contributed by atoms with van der Waals surface area (Å²) in [4.78, 5) is 12.9. The highest BCUT2D eigenvalue weighted by Crippen LogP contribution is 2.19. The van der Waals surface area contributed by atoms with Gasteiger partial charge in [-0.1, -0.05) is 12.1 Å². The van der Waals surface area contributed by atoms with Crippen LogP contribution in [0.2, 0.25) is 0 Å². The number of carboxylic acids is 1. The highest BCUT2D eigenvalue weighted by molar-refractivity contribution is 5.67. The lowest BCUT2D eigenvalue weighted by Crippen LogP contribution is -2.26. The molecule has 0 radical (unpaired) electrons. The molecule has 1 fully saturated rings. The maximum absolute atomic E-state index is 10.6. The molecule has 1 N–H and O–H groups in total. The fourth-order valence-electron chi connectivity index (χ4n) is 2.53. The lowest BCUT2D eigenvalue weighted by atomic mass is 10.1. The zero-order valence-corrected chi connectivity index (χ0v) is 11.3. The first-order chi connectivity index (χ1) is 9.13. The van der Waals surface area contributed by atoms with Gasteiger partial charge in [-0.2, -0.15) is 0 Å². The Bertz CT molecular complexity index is 433. The van der Waals surface area contributed by atoms with E-state index in [2.05, 4.69) is 4.90 Å². The van der Waals surface area contributed by atoms with Crippen LogP contribution >= 0.6 is 0 Å². The lowest BCUT2D eigenvalue weighted by Gasteiger charge is -2.16. The molecule has 0 saturated carbocycles. The number of hydrogen-bond donors (Lipinski definition) is 1. The van der Waals surface area contributed by atoms with Gasteiger partial charge in [-0.05, 0) is 43.5 Å². The molecule has 2 rings (SSSR count). The number of aryl methyl sites for hydroxylation is 1. The number of hydrogen-bond acceptors (Lipinski definition) is 3. The molecule has 0 aromatic heterocycles. The molecule has 1 aliphatic heterocycles. The monoisotopic (exact) mass is 263 g/mol. The van der Waals surface area contributed by atoms with E-state index in [0.717, 1.165) is 31.8 Å². The second-order valence-corrected chi connectivity index (χ2v) is 5.22. The van der Waals surface area contributed by atoms with Crippen molar-refractivity contribution in [3.8, 4) is 5.75 Å². The molecule has 1 saturated heterocycles. The van der Waals surface area contributed by atoms with Crippen LogP contribution in [0.15, 0.2) is 24.3 Å². The molecular weight excluding hydrogens is 242 g/mol. The van der Waals surface area contributed by atoms with E-state index in [0.29, 0.717) is 12.5 Å². The highest BCUT2D eigenvalue weighted by atomic mass is 16.5. The molecule has 104 valence electrons. The standard InChI is InChI=1S/C15H21NO3/c1-12-3-2-4-14(9-12)19-8-7-16-6-5-13(11-16)10-15(17)18/h2-4,9,13H,5-8,10-11H2,1H3,(H,17,18). The molecule has 1 aromatic carbocycles. The Labute approximate surface area is 114 Å². The third-order valence-corrected chi connectivity index (χ3v) is 3.50. The van der Waals surface area contributed by atoms with E-state index in [1.165, 1.54) is 5.56 Å². The van der Waals surface area contributed by atoms with Crippen molar-refractivity contribution in [3.05, 3.63) is 29.8 Å². The summed E-state index contributed by atoms with van der Waals surface area (Å²) >= 11 is 0. The average Bonchev–Trinajstić information content (AvgIpc) is 2.76. The number of aliphatic carboxylic acids is 1. The van der Waals surface area contributed by atoms with Crippen molar-refractivity contribution in [3.63, 3.8) is 0 Å². The molecule has 0 aliphatic carbocycles. The quantitative estimate of drug-likeness (QED) is 0.854. The first-order valence-electron chi connectivity index (χ1n) is 6.77. The van der Waals surface area contributed by atoms with Gasteiger partial charge in [-0.3, -0.25) is 9.69 Å². The van der Waals surface area contributed by atoms with Crippen LogP contribution in [0.3, 0.4) is 0 Å². The second kappa shape index (κ2) is 6.57. The Morgan fingerprint density at radius 1 is 1.53 bits per heavy atom. The molecule has 0 bridgehead atoms. The van der Waals surface area contributed by atoms with Crippen molar-refractivity contribution in [2.24, 2.45) is 5.92 Å². The minimum absolute atomic E-state index is 0.287. The number of benzene rings is 1. The number of ether oxygens (including phenoxy) is 1. The molecule has 1 atom stereocenters. The summed E-state index contributed by atoms with van der Waals surface area (Å²) in [6.07, 6.45) is 1.27. The zero-order chi connectivity index (χ0) is 13.7. The predicted octanol–water partition coefficient (Wildman–Crippen LogP) is 2.17. The Hall–Kier alpha value is -1.55. The summed E-state index contributed by atoms with van der Waals surface area (Å²) in [6, 6.07) is 8.02. The Kier molecular flexibility index (Phi) is 4.80. The van der Waals surface area contributed by atoms with Gasteiger partial charge < -0.3 is 9.84 Å². The zero-order valence-electron chi connectivity index (χ0n) is 11.3. The molecule has 1 unspecified atom stereocenters. The molecule has 1 heterocycles. The molecule has 4 heteroatoms. The number of likely N-dealkylation sites (tertiary alicyclic amines) is 1. The van der Waals surface area contributed by atoms with Gasteiger partial charge in [0.25, 0.3) is 0 Å². The van der Waals surface area contributed by atoms with Crippen molar-refractivity contribution in [1.29, 1.82) is 0 Å². The van der Waals surface area contributed by atoms with Crippen LogP contribution in [-0.2, 0) is 4.79 Å². The summed E-state index contributed by atoms with van der Waals surface area (Å²) in [5, 5.41) is 8.77. The second-order valence-electron chi connectivity index (χ2n) is 5.22. The average molecular weight is 263 g/mol. The molecule has 19 heavy (non-hydrogen) atoms. The topological polar surface area (TPSA) is 49.8 Å². The third-order valence-electron chi connectivity index (χ3n) is 3.50. The Balaban J connectivity index is 1.68. The number of rotatable bonds is 6. The van der Waals surface area contributed by atoms with Gasteiger partial charge in [0.1, 0.15) is 12.4 Å². The van der Waals surface area contributed by atoms with E-state index in [-0.39, 0.29) is 6.42 Å². The van der Waals surface area contributed by atoms with Crippen molar-refractivity contribution < 1.29 is 14.6 Å². The predicted molar refractivity (Wildman–Crippen MR) is 73.5 cm³/mol. The van der Waals surface area contributed by atoms with E-state index >= 15 is 0 Å². The third kappa shape index (κ3) is 4.56. The Morgan fingerprint density at radius 3 is 3.11 bits per heavy atom. The molecular formula is C15H21NO3. The highest BCUT2D eigenvalue weighted by Gasteiger charge is 2.23. The van der Waals surface area contributed by atoms with Gasteiger partial charge in [0.2, 0.25) is 0 Å². The summed E-state index contributed by atoms with van der Waals surface area (Å²) < 4.78 is 5.71. The fraction of sp³-hybridized carbons (Fsp3) is 0.533. The van der Waals surface area contributed by atoms with Gasteiger partial charge in [-0.15, -0.1) is 0 Å². The van der Waals surface area contributed by atoms with Crippen LogP contribution in [0.1, 0.15) is 18.4 Å². The van der Waals surface area contributed by atoms with Gasteiger partial charge >= 0.3 is 5.97 Å². The molecule has 4 nitrogen and oxygen atoms in total. The maximum Gasteiger partial charge on any atom is 0.303 e. The molecule has 0 amide bonds. The van der Waals surface area contributed by atoms with E-state index in [9.17, 15) is 4.79 Å². The van der Waals surface area contributed by atoms with Crippen molar-refractivity contribution in [2.45, 2.75) is 19.8 Å². The van der Waals surface area contributed by atoms with Gasteiger partial charge in [0.15, 0.2) is 0 Å². The van der Waals surface area contributed by atoms with Crippen LogP contribution < -0.4 is 4.74 Å².